The third-order valence-corrected chi connectivity index (χ3v) is 5.10. The highest BCUT2D eigenvalue weighted by Gasteiger charge is 2.23. The molecule has 2 rings (SSSR count). The Morgan fingerprint density at radius 3 is 2.17 bits per heavy atom. The lowest BCUT2D eigenvalue weighted by atomic mass is 9.80. The molecule has 24 heavy (non-hydrogen) atoms. The molecule has 0 saturated heterocycles. The van der Waals surface area contributed by atoms with Crippen LogP contribution in [0.15, 0.2) is 29.2 Å². The molecule has 0 saturated carbocycles. The number of benzene rings is 2. The van der Waals surface area contributed by atoms with Gasteiger partial charge in [-0.1, -0.05) is 66.7 Å². The molecule has 0 N–H and O–H groups in total. The first-order valence-corrected chi connectivity index (χ1v) is 9.15. The van der Waals surface area contributed by atoms with Crippen molar-refractivity contribution >= 4 is 22.8 Å². The van der Waals surface area contributed by atoms with E-state index in [1.54, 1.807) is 0 Å². The molecule has 0 aliphatic carbocycles. The largest absolute Gasteiger partial charge is 0.691 e. The summed E-state index contributed by atoms with van der Waals surface area (Å²) >= 11 is 1.02. The molecule has 0 amide bonds. The van der Waals surface area contributed by atoms with E-state index < -0.39 is 0 Å². The van der Waals surface area contributed by atoms with E-state index in [2.05, 4.69) is 77.8 Å². The van der Waals surface area contributed by atoms with E-state index in [-0.39, 0.29) is 5.41 Å². The van der Waals surface area contributed by atoms with Gasteiger partial charge in [-0.2, -0.15) is 4.33 Å². The summed E-state index contributed by atoms with van der Waals surface area (Å²) < 4.78 is 4.71. The second-order valence-corrected chi connectivity index (χ2v) is 8.60. The predicted molar refractivity (Wildman–Crippen MR) is 98.9 cm³/mol. The van der Waals surface area contributed by atoms with Crippen molar-refractivity contribution < 1.29 is 14.6 Å². The van der Waals surface area contributed by atoms with Gasteiger partial charge in [-0.3, -0.25) is 5.04 Å². The number of rotatable bonds is 5. The van der Waals surface area contributed by atoms with Gasteiger partial charge in [-0.05, 0) is 50.8 Å². The summed E-state index contributed by atoms with van der Waals surface area (Å²) in [7, 11) is 0. The van der Waals surface area contributed by atoms with Crippen molar-refractivity contribution in [3.8, 4) is 0 Å². The smallest absolute Gasteiger partial charge is 0.0680 e. The van der Waals surface area contributed by atoms with Crippen LogP contribution in [-0.2, 0) is 14.8 Å². The zero-order chi connectivity index (χ0) is 18.1. The Balaban J connectivity index is 2.90. The summed E-state index contributed by atoms with van der Waals surface area (Å²) in [5, 5.41) is 16.5. The average molecular weight is 348 g/mol. The van der Waals surface area contributed by atoms with Crippen LogP contribution < -0.4 is 5.26 Å². The lowest BCUT2D eigenvalue weighted by Gasteiger charge is -2.26. The summed E-state index contributed by atoms with van der Waals surface area (Å²) in [6.45, 7) is 15.4. The third kappa shape index (κ3) is 3.77. The Morgan fingerprint density at radius 2 is 1.67 bits per heavy atom. The molecule has 2 aromatic carbocycles. The molecule has 0 aliphatic rings. The van der Waals surface area contributed by atoms with Gasteiger partial charge in [0.25, 0.3) is 0 Å². The van der Waals surface area contributed by atoms with Gasteiger partial charge in [0.1, 0.15) is 0 Å². The highest BCUT2D eigenvalue weighted by molar-refractivity contribution is 7.94. The molecule has 0 unspecified atom stereocenters. The SMILES string of the molecule is CC(C)c1cc2c(C(C)(C)C)cccc2c(C(C)C)c1SOO[O-]. The van der Waals surface area contributed by atoms with Gasteiger partial charge in [-0.25, -0.2) is 0 Å². The van der Waals surface area contributed by atoms with Gasteiger partial charge in [0.2, 0.25) is 0 Å². The first-order valence-electron chi connectivity index (χ1n) is 8.41. The van der Waals surface area contributed by atoms with Crippen LogP contribution in [0.4, 0.5) is 0 Å². The van der Waals surface area contributed by atoms with Crippen molar-refractivity contribution in [1.29, 1.82) is 0 Å². The fourth-order valence-electron chi connectivity index (χ4n) is 3.25. The minimum Gasteiger partial charge on any atom is -0.691 e. The van der Waals surface area contributed by atoms with E-state index in [1.165, 1.54) is 27.5 Å². The highest BCUT2D eigenvalue weighted by Crippen LogP contribution is 2.43. The molecule has 0 aliphatic heterocycles. The molecule has 0 bridgehead atoms. The fraction of sp³-hybridized carbons (Fsp3) is 0.500. The molecule has 3 nitrogen and oxygen atoms in total. The predicted octanol–water partition coefficient (Wildman–Crippen LogP) is 5.61. The molecule has 0 spiro atoms. The number of hydrogen-bond acceptors (Lipinski definition) is 4. The molecule has 0 atom stereocenters. The normalized spacial score (nSPS) is 12.6. The maximum Gasteiger partial charge on any atom is 0.0680 e. The molecule has 0 heterocycles. The molecule has 132 valence electrons. The van der Waals surface area contributed by atoms with E-state index >= 15 is 0 Å². The van der Waals surface area contributed by atoms with Crippen LogP contribution in [0.3, 0.4) is 0 Å². The van der Waals surface area contributed by atoms with E-state index in [0.717, 1.165) is 16.9 Å². The summed E-state index contributed by atoms with van der Waals surface area (Å²) in [4.78, 5) is 0.995. The first kappa shape index (κ1) is 19.3. The first-order chi connectivity index (χ1) is 11.2. The fourth-order valence-corrected chi connectivity index (χ4v) is 4.17. The molecule has 4 heteroatoms. The maximum absolute atomic E-state index is 10.4. The maximum atomic E-state index is 10.4. The van der Waals surface area contributed by atoms with Crippen LogP contribution in [-0.4, -0.2) is 0 Å². The van der Waals surface area contributed by atoms with Crippen molar-refractivity contribution in [2.45, 2.75) is 70.6 Å². The van der Waals surface area contributed by atoms with Crippen molar-refractivity contribution in [2.24, 2.45) is 0 Å². The standard InChI is InChI=1S/C20H28O3S/c1-12(2)15-11-16-14(9-8-10-17(16)20(5,6)7)18(13(3)4)19(15)24-23-22-21/h8-13,21H,1-7H3/p-1. The minimum atomic E-state index is 0.0608. The summed E-state index contributed by atoms with van der Waals surface area (Å²) in [6.07, 6.45) is 0. The van der Waals surface area contributed by atoms with Crippen molar-refractivity contribution in [3.05, 3.63) is 41.0 Å². The Kier molecular flexibility index (Phi) is 5.97. The Morgan fingerprint density at radius 1 is 1.00 bits per heavy atom. The van der Waals surface area contributed by atoms with Crippen molar-refractivity contribution in [3.63, 3.8) is 0 Å². The lowest BCUT2D eigenvalue weighted by molar-refractivity contribution is -0.777. The lowest BCUT2D eigenvalue weighted by Crippen LogP contribution is -2.13. The third-order valence-electron chi connectivity index (χ3n) is 4.36. The molecule has 2 aromatic rings. The Bertz CT molecular complexity index is 715. The van der Waals surface area contributed by atoms with Crippen LogP contribution in [0.2, 0.25) is 0 Å². The van der Waals surface area contributed by atoms with Crippen LogP contribution in [0.25, 0.3) is 10.8 Å². The van der Waals surface area contributed by atoms with Gasteiger partial charge in [-0.15, -0.1) is 0 Å². The van der Waals surface area contributed by atoms with Gasteiger partial charge >= 0.3 is 0 Å². The Hall–Kier alpha value is -1.07. The van der Waals surface area contributed by atoms with Gasteiger partial charge in [0, 0.05) is 4.90 Å². The summed E-state index contributed by atoms with van der Waals surface area (Å²) in [5.74, 6) is 0.622. The van der Waals surface area contributed by atoms with Crippen LogP contribution in [0.5, 0.6) is 0 Å². The number of hydrogen-bond donors (Lipinski definition) is 0. The Labute approximate surface area is 149 Å². The topological polar surface area (TPSA) is 41.5 Å². The molecular formula is C20H27O3S-. The second-order valence-electron chi connectivity index (χ2n) is 7.89. The van der Waals surface area contributed by atoms with E-state index in [4.69, 9.17) is 4.33 Å². The van der Waals surface area contributed by atoms with Crippen molar-refractivity contribution in [2.75, 3.05) is 0 Å². The average Bonchev–Trinajstić information content (AvgIpc) is 2.49. The highest BCUT2D eigenvalue weighted by atomic mass is 32.2. The number of fused-ring (bicyclic) bond motifs is 1. The van der Waals surface area contributed by atoms with Gasteiger partial charge < -0.3 is 5.26 Å². The van der Waals surface area contributed by atoms with Gasteiger partial charge in [0.15, 0.2) is 0 Å². The second kappa shape index (κ2) is 7.44. The monoisotopic (exact) mass is 347 g/mol. The van der Waals surface area contributed by atoms with E-state index in [1.807, 2.05) is 0 Å². The van der Waals surface area contributed by atoms with Crippen LogP contribution in [0.1, 0.15) is 77.0 Å². The van der Waals surface area contributed by atoms with E-state index in [9.17, 15) is 5.26 Å². The van der Waals surface area contributed by atoms with Crippen molar-refractivity contribution in [1.82, 2.24) is 0 Å². The zero-order valence-corrected chi connectivity index (χ0v) is 16.4. The summed E-state index contributed by atoms with van der Waals surface area (Å²) in [5.41, 5.74) is 3.79. The minimum absolute atomic E-state index is 0.0608. The molecular weight excluding hydrogens is 320 g/mol. The molecule has 0 fully saturated rings. The van der Waals surface area contributed by atoms with E-state index in [0.29, 0.717) is 11.8 Å². The summed E-state index contributed by atoms with van der Waals surface area (Å²) in [6, 6.07) is 8.74. The van der Waals surface area contributed by atoms with Crippen LogP contribution in [0, 0.1) is 0 Å². The molecule has 0 aromatic heterocycles. The quantitative estimate of drug-likeness (QED) is 0.400. The van der Waals surface area contributed by atoms with Gasteiger partial charge in [0.05, 0.1) is 12.0 Å². The zero-order valence-electron chi connectivity index (χ0n) is 15.6. The molecule has 0 radical (unpaired) electrons. The van der Waals surface area contributed by atoms with Crippen LogP contribution >= 0.6 is 12.0 Å².